The normalized spacial score (nSPS) is 17.1. The van der Waals surface area contributed by atoms with Crippen molar-refractivity contribution in [2.24, 2.45) is 7.05 Å². The molecule has 1 atom stereocenters. The maximum Gasteiger partial charge on any atom is 0.225 e. The van der Waals surface area contributed by atoms with Gasteiger partial charge in [-0.05, 0) is 44.2 Å². The number of hydrogen-bond donors (Lipinski definition) is 1. The number of benzene rings is 1. The molecule has 22 heavy (non-hydrogen) atoms. The van der Waals surface area contributed by atoms with Gasteiger partial charge in [0.1, 0.15) is 0 Å². The van der Waals surface area contributed by atoms with Crippen molar-refractivity contribution in [3.63, 3.8) is 0 Å². The second kappa shape index (κ2) is 5.95. The molecule has 1 aliphatic rings. The van der Waals surface area contributed by atoms with Gasteiger partial charge < -0.3 is 5.32 Å². The van der Waals surface area contributed by atoms with Crippen molar-refractivity contribution in [1.29, 1.82) is 0 Å². The summed E-state index contributed by atoms with van der Waals surface area (Å²) in [6, 6.07) is 8.59. The third-order valence-electron chi connectivity index (χ3n) is 4.70. The van der Waals surface area contributed by atoms with E-state index < -0.39 is 0 Å². The van der Waals surface area contributed by atoms with Crippen LogP contribution >= 0.6 is 0 Å². The molecule has 1 aliphatic carbocycles. The van der Waals surface area contributed by atoms with E-state index in [1.54, 1.807) is 0 Å². The third-order valence-corrected chi connectivity index (χ3v) is 4.70. The Morgan fingerprint density at radius 3 is 2.86 bits per heavy atom. The molecule has 0 saturated carbocycles. The zero-order chi connectivity index (χ0) is 15.7. The SMILES string of the molecule is Cc1nn(C)c(C)c1CC(=O)NC1CCCc2ccccc21. The third kappa shape index (κ3) is 2.78. The van der Waals surface area contributed by atoms with Crippen molar-refractivity contribution < 1.29 is 4.79 Å². The average molecular weight is 297 g/mol. The van der Waals surface area contributed by atoms with Crippen molar-refractivity contribution in [2.75, 3.05) is 0 Å². The summed E-state index contributed by atoms with van der Waals surface area (Å²) in [5.41, 5.74) is 5.70. The van der Waals surface area contributed by atoms with E-state index in [2.05, 4.69) is 34.7 Å². The minimum atomic E-state index is 0.0842. The molecular formula is C18H23N3O. The van der Waals surface area contributed by atoms with Gasteiger partial charge in [0.15, 0.2) is 0 Å². The Kier molecular flexibility index (Phi) is 4.01. The number of fused-ring (bicyclic) bond motifs is 1. The molecule has 1 unspecified atom stereocenters. The van der Waals surface area contributed by atoms with Crippen LogP contribution in [-0.2, 0) is 24.7 Å². The van der Waals surface area contributed by atoms with E-state index in [1.807, 2.05) is 25.6 Å². The van der Waals surface area contributed by atoms with E-state index in [-0.39, 0.29) is 11.9 Å². The number of carbonyl (C=O) groups is 1. The van der Waals surface area contributed by atoms with Crippen LogP contribution in [0.15, 0.2) is 24.3 Å². The first-order valence-corrected chi connectivity index (χ1v) is 7.92. The maximum atomic E-state index is 12.5. The molecule has 0 aliphatic heterocycles. The molecule has 0 bridgehead atoms. The van der Waals surface area contributed by atoms with Crippen LogP contribution in [-0.4, -0.2) is 15.7 Å². The van der Waals surface area contributed by atoms with Gasteiger partial charge in [0.25, 0.3) is 0 Å². The Balaban J connectivity index is 1.73. The van der Waals surface area contributed by atoms with E-state index in [0.29, 0.717) is 6.42 Å². The monoisotopic (exact) mass is 297 g/mol. The van der Waals surface area contributed by atoms with Crippen molar-refractivity contribution in [1.82, 2.24) is 15.1 Å². The van der Waals surface area contributed by atoms with E-state index in [1.165, 1.54) is 11.1 Å². The second-order valence-corrected chi connectivity index (χ2v) is 6.16. The fraction of sp³-hybridized carbons (Fsp3) is 0.444. The predicted molar refractivity (Wildman–Crippen MR) is 86.6 cm³/mol. The van der Waals surface area contributed by atoms with Gasteiger partial charge >= 0.3 is 0 Å². The van der Waals surface area contributed by atoms with Crippen molar-refractivity contribution in [2.45, 2.75) is 45.6 Å². The van der Waals surface area contributed by atoms with Crippen molar-refractivity contribution in [3.8, 4) is 0 Å². The number of amides is 1. The summed E-state index contributed by atoms with van der Waals surface area (Å²) in [4.78, 5) is 12.5. The second-order valence-electron chi connectivity index (χ2n) is 6.16. The van der Waals surface area contributed by atoms with Crippen molar-refractivity contribution in [3.05, 3.63) is 52.3 Å². The standard InChI is InChI=1S/C18H23N3O/c1-12-16(13(2)21(3)20-12)11-18(22)19-17-10-6-8-14-7-4-5-9-15(14)17/h4-5,7,9,17H,6,8,10-11H2,1-3H3,(H,19,22). The number of hydrogen-bond acceptors (Lipinski definition) is 2. The fourth-order valence-electron chi connectivity index (χ4n) is 3.38. The van der Waals surface area contributed by atoms with Crippen LogP contribution in [0.2, 0.25) is 0 Å². The van der Waals surface area contributed by atoms with Crippen LogP contribution < -0.4 is 5.32 Å². The van der Waals surface area contributed by atoms with E-state index in [0.717, 1.165) is 36.2 Å². The molecule has 1 heterocycles. The summed E-state index contributed by atoms with van der Waals surface area (Å²) < 4.78 is 1.84. The lowest BCUT2D eigenvalue weighted by Gasteiger charge is -2.26. The van der Waals surface area contributed by atoms with E-state index in [4.69, 9.17) is 0 Å². The predicted octanol–water partition coefficient (Wildman–Crippen LogP) is 2.77. The lowest BCUT2D eigenvalue weighted by Crippen LogP contribution is -2.32. The molecule has 1 N–H and O–H groups in total. The highest BCUT2D eigenvalue weighted by Crippen LogP contribution is 2.29. The minimum absolute atomic E-state index is 0.0842. The number of carbonyl (C=O) groups excluding carboxylic acids is 1. The molecule has 1 aromatic heterocycles. The maximum absolute atomic E-state index is 12.5. The van der Waals surface area contributed by atoms with Gasteiger partial charge in [-0.2, -0.15) is 5.10 Å². The zero-order valence-corrected chi connectivity index (χ0v) is 13.5. The number of aryl methyl sites for hydroxylation is 3. The van der Waals surface area contributed by atoms with Gasteiger partial charge in [0, 0.05) is 18.3 Å². The summed E-state index contributed by atoms with van der Waals surface area (Å²) in [5.74, 6) is 0.0842. The fourth-order valence-corrected chi connectivity index (χ4v) is 3.38. The number of nitrogens with zero attached hydrogens (tertiary/aromatic N) is 2. The minimum Gasteiger partial charge on any atom is -0.349 e. The smallest absolute Gasteiger partial charge is 0.225 e. The number of rotatable bonds is 3. The first-order chi connectivity index (χ1) is 10.6. The number of nitrogens with one attached hydrogen (secondary N) is 1. The molecule has 3 rings (SSSR count). The van der Waals surface area contributed by atoms with Gasteiger partial charge in [-0.3, -0.25) is 9.48 Å². The summed E-state index contributed by atoms with van der Waals surface area (Å²) >= 11 is 0. The highest BCUT2D eigenvalue weighted by Gasteiger charge is 2.22. The molecule has 0 fully saturated rings. The van der Waals surface area contributed by atoms with E-state index >= 15 is 0 Å². The van der Waals surface area contributed by atoms with Gasteiger partial charge in [0.2, 0.25) is 5.91 Å². The quantitative estimate of drug-likeness (QED) is 0.947. The summed E-state index contributed by atoms with van der Waals surface area (Å²) in [7, 11) is 1.92. The molecule has 4 heteroatoms. The van der Waals surface area contributed by atoms with Crippen LogP contribution in [0.1, 0.15) is 47.0 Å². The molecule has 116 valence electrons. The van der Waals surface area contributed by atoms with Gasteiger partial charge in [-0.15, -0.1) is 0 Å². The van der Waals surface area contributed by atoms with Crippen LogP contribution in [0.3, 0.4) is 0 Å². The van der Waals surface area contributed by atoms with Gasteiger partial charge in [-0.1, -0.05) is 24.3 Å². The first-order valence-electron chi connectivity index (χ1n) is 7.92. The number of aromatic nitrogens is 2. The summed E-state index contributed by atoms with van der Waals surface area (Å²) in [6.07, 6.45) is 3.67. The molecule has 1 amide bonds. The molecule has 0 spiro atoms. The Bertz CT molecular complexity index is 702. The topological polar surface area (TPSA) is 46.9 Å². The first kappa shape index (κ1) is 14.8. The Morgan fingerprint density at radius 1 is 1.36 bits per heavy atom. The van der Waals surface area contributed by atoms with Crippen LogP contribution in [0, 0.1) is 13.8 Å². The van der Waals surface area contributed by atoms with E-state index in [9.17, 15) is 4.79 Å². The van der Waals surface area contributed by atoms with Crippen molar-refractivity contribution >= 4 is 5.91 Å². The summed E-state index contributed by atoms with van der Waals surface area (Å²) in [5, 5.41) is 7.59. The lowest BCUT2D eigenvalue weighted by atomic mass is 9.87. The zero-order valence-electron chi connectivity index (χ0n) is 13.5. The lowest BCUT2D eigenvalue weighted by molar-refractivity contribution is -0.121. The summed E-state index contributed by atoms with van der Waals surface area (Å²) in [6.45, 7) is 3.98. The highest BCUT2D eigenvalue weighted by molar-refractivity contribution is 5.79. The molecule has 0 saturated heterocycles. The Morgan fingerprint density at radius 2 is 2.14 bits per heavy atom. The largest absolute Gasteiger partial charge is 0.349 e. The molecule has 0 radical (unpaired) electrons. The molecular weight excluding hydrogens is 274 g/mol. The highest BCUT2D eigenvalue weighted by atomic mass is 16.1. The molecule has 2 aromatic rings. The molecule has 4 nitrogen and oxygen atoms in total. The van der Waals surface area contributed by atoms with Gasteiger partial charge in [-0.25, -0.2) is 0 Å². The van der Waals surface area contributed by atoms with Crippen LogP contribution in [0.25, 0.3) is 0 Å². The molecule has 1 aromatic carbocycles. The van der Waals surface area contributed by atoms with Crippen LogP contribution in [0.5, 0.6) is 0 Å². The Labute approximate surface area is 131 Å². The Hall–Kier alpha value is -2.10. The van der Waals surface area contributed by atoms with Crippen LogP contribution in [0.4, 0.5) is 0 Å². The van der Waals surface area contributed by atoms with Gasteiger partial charge in [0.05, 0.1) is 18.2 Å². The average Bonchev–Trinajstić information content (AvgIpc) is 2.74.